The summed E-state index contributed by atoms with van der Waals surface area (Å²) in [5, 5.41) is 10.9. The average Bonchev–Trinajstić information content (AvgIpc) is 3.04. The first-order valence-electron chi connectivity index (χ1n) is 13.6. The number of aliphatic hydroxyl groups is 1. The minimum absolute atomic E-state index is 0.0632. The maximum Gasteiger partial charge on any atom is 0.0594 e. The molecule has 5 fully saturated rings. The van der Waals surface area contributed by atoms with Gasteiger partial charge >= 0.3 is 0 Å². The van der Waals surface area contributed by atoms with E-state index in [0.29, 0.717) is 27.6 Å². The molecule has 176 valence electrons. The van der Waals surface area contributed by atoms with Gasteiger partial charge in [-0.25, -0.2) is 0 Å². The van der Waals surface area contributed by atoms with Crippen LogP contribution in [-0.4, -0.2) is 11.2 Å². The topological polar surface area (TPSA) is 20.2 Å². The molecule has 0 aromatic heterocycles. The van der Waals surface area contributed by atoms with Gasteiger partial charge in [-0.3, -0.25) is 0 Å². The molecule has 0 aromatic rings. The fraction of sp³-hybridized carbons (Fsp3) is 0.933. The summed E-state index contributed by atoms with van der Waals surface area (Å²) in [6.07, 6.45) is 13.4. The fourth-order valence-electron chi connectivity index (χ4n) is 11.5. The van der Waals surface area contributed by atoms with Gasteiger partial charge in [-0.1, -0.05) is 53.7 Å². The number of fused-ring (bicyclic) bond motifs is 7. The lowest BCUT2D eigenvalue weighted by molar-refractivity contribution is -0.246. The van der Waals surface area contributed by atoms with Crippen LogP contribution in [0.1, 0.15) is 113 Å². The van der Waals surface area contributed by atoms with Crippen molar-refractivity contribution in [3.8, 4) is 0 Å². The van der Waals surface area contributed by atoms with Gasteiger partial charge in [-0.15, -0.1) is 0 Å². The molecule has 0 aromatic carbocycles. The Hall–Kier alpha value is -0.300. The van der Waals surface area contributed by atoms with E-state index >= 15 is 0 Å². The maximum absolute atomic E-state index is 10.9. The van der Waals surface area contributed by atoms with Crippen molar-refractivity contribution in [3.63, 3.8) is 0 Å². The van der Waals surface area contributed by atoms with Crippen LogP contribution in [0.2, 0.25) is 0 Å². The van der Waals surface area contributed by atoms with E-state index in [2.05, 4.69) is 55.0 Å². The first kappa shape index (κ1) is 22.5. The van der Waals surface area contributed by atoms with E-state index in [1.165, 1.54) is 63.4 Å². The van der Waals surface area contributed by atoms with E-state index in [-0.39, 0.29) is 11.5 Å². The van der Waals surface area contributed by atoms with E-state index in [9.17, 15) is 5.11 Å². The summed E-state index contributed by atoms with van der Waals surface area (Å²) >= 11 is 0. The lowest BCUT2D eigenvalue weighted by Crippen LogP contribution is -2.66. The van der Waals surface area contributed by atoms with E-state index < -0.39 is 0 Å². The number of allylic oxidation sites excluding steroid dienone is 1. The first-order valence-corrected chi connectivity index (χ1v) is 13.6. The molecule has 5 aliphatic carbocycles. The van der Waals surface area contributed by atoms with Crippen molar-refractivity contribution in [3.05, 3.63) is 12.2 Å². The summed E-state index contributed by atoms with van der Waals surface area (Å²) in [6, 6.07) is 0. The lowest BCUT2D eigenvalue weighted by atomic mass is 9.32. The van der Waals surface area contributed by atoms with E-state index in [4.69, 9.17) is 0 Å². The Labute approximate surface area is 192 Å². The molecule has 5 aliphatic rings. The van der Waals surface area contributed by atoms with Crippen LogP contribution < -0.4 is 0 Å². The zero-order valence-corrected chi connectivity index (χ0v) is 21.7. The molecule has 0 heterocycles. The van der Waals surface area contributed by atoms with Gasteiger partial charge in [-0.05, 0) is 128 Å². The SMILES string of the molecule is C=C(C)[C@@H]1CC[C@@]2(C)CC[C@@]3(C)[C@H](CC[C@@H]4[C@@]5(C)CCC(O)C(C)(C)[C@@H]5CC[C@]43C)[C@@H]12. The van der Waals surface area contributed by atoms with Gasteiger partial charge in [0.15, 0.2) is 0 Å². The summed E-state index contributed by atoms with van der Waals surface area (Å²) in [7, 11) is 0. The number of aliphatic hydroxyl groups excluding tert-OH is 1. The molecule has 0 aliphatic heterocycles. The molecule has 0 amide bonds. The van der Waals surface area contributed by atoms with Crippen molar-refractivity contribution in [2.75, 3.05) is 0 Å². The van der Waals surface area contributed by atoms with Crippen LogP contribution in [0.3, 0.4) is 0 Å². The Morgan fingerprint density at radius 1 is 0.742 bits per heavy atom. The molecule has 1 nitrogen and oxygen atoms in total. The predicted octanol–water partition coefficient (Wildman–Crippen LogP) is 8.02. The van der Waals surface area contributed by atoms with Crippen molar-refractivity contribution in [2.24, 2.45) is 56.7 Å². The highest BCUT2D eigenvalue weighted by Gasteiger charge is 2.70. The Bertz CT molecular complexity index is 766. The molecule has 10 atom stereocenters. The molecule has 5 saturated carbocycles. The fourth-order valence-corrected chi connectivity index (χ4v) is 11.5. The van der Waals surface area contributed by atoms with Crippen LogP contribution in [0.25, 0.3) is 0 Å². The normalized spacial score (nSPS) is 57.9. The monoisotopic (exact) mass is 426 g/mol. The highest BCUT2D eigenvalue weighted by atomic mass is 16.3. The molecule has 5 rings (SSSR count). The highest BCUT2D eigenvalue weighted by Crippen LogP contribution is 2.77. The molecule has 1 N–H and O–H groups in total. The summed E-state index contributed by atoms with van der Waals surface area (Å²) in [5.41, 5.74) is 3.38. The van der Waals surface area contributed by atoms with Gasteiger partial charge in [0, 0.05) is 0 Å². The van der Waals surface area contributed by atoms with Crippen molar-refractivity contribution < 1.29 is 5.11 Å². The number of hydrogen-bond acceptors (Lipinski definition) is 1. The third kappa shape index (κ3) is 2.65. The molecular formula is C30H50O. The predicted molar refractivity (Wildman–Crippen MR) is 131 cm³/mol. The quantitative estimate of drug-likeness (QED) is 0.421. The van der Waals surface area contributed by atoms with Gasteiger partial charge in [-0.2, -0.15) is 0 Å². The van der Waals surface area contributed by atoms with Crippen LogP contribution in [0.15, 0.2) is 12.2 Å². The zero-order chi connectivity index (χ0) is 22.6. The second kappa shape index (κ2) is 6.64. The van der Waals surface area contributed by atoms with Crippen molar-refractivity contribution in [1.82, 2.24) is 0 Å². The van der Waals surface area contributed by atoms with Crippen LogP contribution in [-0.2, 0) is 0 Å². The molecular weight excluding hydrogens is 376 g/mol. The molecule has 0 saturated heterocycles. The number of rotatable bonds is 1. The Morgan fingerprint density at radius 3 is 2.13 bits per heavy atom. The largest absolute Gasteiger partial charge is 0.393 e. The van der Waals surface area contributed by atoms with E-state index in [0.717, 1.165) is 30.1 Å². The smallest absolute Gasteiger partial charge is 0.0594 e. The van der Waals surface area contributed by atoms with Gasteiger partial charge in [0.2, 0.25) is 0 Å². The van der Waals surface area contributed by atoms with Gasteiger partial charge in [0.1, 0.15) is 0 Å². The lowest BCUT2D eigenvalue weighted by Gasteiger charge is -2.73. The summed E-state index contributed by atoms with van der Waals surface area (Å²) in [4.78, 5) is 0. The number of hydrogen-bond donors (Lipinski definition) is 1. The maximum atomic E-state index is 10.9. The second-order valence-corrected chi connectivity index (χ2v) is 14.7. The Balaban J connectivity index is 1.54. The summed E-state index contributed by atoms with van der Waals surface area (Å²) in [5.74, 6) is 3.98. The van der Waals surface area contributed by atoms with Gasteiger partial charge in [0.25, 0.3) is 0 Å². The zero-order valence-electron chi connectivity index (χ0n) is 21.7. The molecule has 0 spiro atoms. The minimum atomic E-state index is -0.118. The summed E-state index contributed by atoms with van der Waals surface area (Å²) < 4.78 is 0. The molecule has 0 radical (unpaired) electrons. The standard InChI is InChI=1S/C30H50O/c1-19(2)20-11-14-27(5)17-18-29(7)21(25(20)27)9-10-23-28(6)15-13-24(31)26(3,4)22(28)12-16-30(23,29)8/h20-25,31H,1,9-18H2,2-8H3/t20-,21+,22-,23+,24?,25+,27-,28-,29-,30+/m0/s1. The molecule has 1 unspecified atom stereocenters. The third-order valence-electron chi connectivity index (χ3n) is 13.5. The minimum Gasteiger partial charge on any atom is -0.393 e. The third-order valence-corrected chi connectivity index (χ3v) is 13.5. The van der Waals surface area contributed by atoms with Gasteiger partial charge < -0.3 is 5.11 Å². The van der Waals surface area contributed by atoms with Crippen LogP contribution in [0.5, 0.6) is 0 Å². The van der Waals surface area contributed by atoms with E-state index in [1.54, 1.807) is 0 Å². The average molecular weight is 427 g/mol. The van der Waals surface area contributed by atoms with E-state index in [1.807, 2.05) is 0 Å². The molecule has 1 heteroatoms. The van der Waals surface area contributed by atoms with Crippen LogP contribution in [0.4, 0.5) is 0 Å². The Morgan fingerprint density at radius 2 is 1.45 bits per heavy atom. The molecule has 31 heavy (non-hydrogen) atoms. The second-order valence-electron chi connectivity index (χ2n) is 14.7. The van der Waals surface area contributed by atoms with Crippen molar-refractivity contribution in [2.45, 2.75) is 119 Å². The van der Waals surface area contributed by atoms with Crippen molar-refractivity contribution in [1.29, 1.82) is 0 Å². The highest BCUT2D eigenvalue weighted by molar-refractivity contribution is 5.21. The first-order chi connectivity index (χ1) is 14.3. The van der Waals surface area contributed by atoms with Crippen LogP contribution in [0, 0.1) is 56.7 Å². The van der Waals surface area contributed by atoms with Crippen molar-refractivity contribution >= 4 is 0 Å². The Kier molecular flexibility index (Phi) is 4.82. The molecule has 0 bridgehead atoms. The van der Waals surface area contributed by atoms with Gasteiger partial charge in [0.05, 0.1) is 6.10 Å². The van der Waals surface area contributed by atoms with Crippen LogP contribution >= 0.6 is 0 Å². The summed E-state index contributed by atoms with van der Waals surface area (Å²) in [6.45, 7) is 22.3.